The van der Waals surface area contributed by atoms with Gasteiger partial charge in [-0.1, -0.05) is 35.4 Å². The number of nitrogens with zero attached hydrogens (tertiary/aromatic N) is 1. The van der Waals surface area contributed by atoms with E-state index in [-0.39, 0.29) is 11.0 Å². The van der Waals surface area contributed by atoms with E-state index >= 15 is 0 Å². The molecule has 0 unspecified atom stereocenters. The third-order valence-corrected chi connectivity index (χ3v) is 2.69. The molecule has 0 radical (unpaired) electrons. The summed E-state index contributed by atoms with van der Waals surface area (Å²) in [7, 11) is 0. The van der Waals surface area contributed by atoms with Crippen molar-refractivity contribution >= 4 is 29.3 Å². The minimum Gasteiger partial charge on any atom is -0.434 e. The first-order valence-electron chi connectivity index (χ1n) is 5.45. The van der Waals surface area contributed by atoms with Crippen molar-refractivity contribution in [1.82, 2.24) is 10.2 Å². The minimum absolute atomic E-state index is 0.0857. The van der Waals surface area contributed by atoms with Crippen LogP contribution in [0.3, 0.4) is 0 Å². The van der Waals surface area contributed by atoms with Crippen LogP contribution in [-0.2, 0) is 0 Å². The second-order valence-corrected chi connectivity index (χ2v) is 4.51. The zero-order valence-electron chi connectivity index (χ0n) is 9.98. The molecule has 1 N–H and O–H groups in total. The standard InChI is InChI=1S/C13H10Cl2N2O2/c1-2-3-8-4-5-9(14)6-11(8)19-13-10(18)7-12(15)16-17-13/h2-7H,1H3,(H,16,18). The molecule has 1 heterocycles. The van der Waals surface area contributed by atoms with Gasteiger partial charge in [0.2, 0.25) is 5.43 Å². The Hall–Kier alpha value is -1.78. The molecule has 0 aliphatic heterocycles. The smallest absolute Gasteiger partial charge is 0.285 e. The fourth-order valence-electron chi connectivity index (χ4n) is 1.46. The van der Waals surface area contributed by atoms with Crippen LogP contribution in [0.4, 0.5) is 0 Å². The van der Waals surface area contributed by atoms with Gasteiger partial charge in [0.25, 0.3) is 5.88 Å². The molecule has 0 saturated heterocycles. The highest BCUT2D eigenvalue weighted by Crippen LogP contribution is 2.27. The molecule has 0 amide bonds. The Bertz CT molecular complexity index is 681. The summed E-state index contributed by atoms with van der Waals surface area (Å²) in [5.74, 6) is 0.364. The molecule has 0 fully saturated rings. The van der Waals surface area contributed by atoms with Crippen LogP contribution in [-0.4, -0.2) is 10.2 Å². The maximum absolute atomic E-state index is 11.7. The number of benzene rings is 1. The van der Waals surface area contributed by atoms with Crippen LogP contribution < -0.4 is 10.2 Å². The van der Waals surface area contributed by atoms with E-state index in [1.165, 1.54) is 6.07 Å². The minimum atomic E-state index is -0.407. The first-order chi connectivity index (χ1) is 9.10. The third-order valence-electron chi connectivity index (χ3n) is 2.26. The van der Waals surface area contributed by atoms with Gasteiger partial charge in [0.15, 0.2) is 0 Å². The Morgan fingerprint density at radius 2 is 2.11 bits per heavy atom. The molecule has 4 nitrogen and oxygen atoms in total. The number of ether oxygens (including phenoxy) is 1. The number of hydrogen-bond acceptors (Lipinski definition) is 3. The lowest BCUT2D eigenvalue weighted by Gasteiger charge is -2.07. The summed E-state index contributed by atoms with van der Waals surface area (Å²) >= 11 is 11.5. The Balaban J connectivity index is 2.42. The first-order valence-corrected chi connectivity index (χ1v) is 6.21. The quantitative estimate of drug-likeness (QED) is 0.934. The molecule has 0 bridgehead atoms. The molecular weight excluding hydrogens is 287 g/mol. The molecule has 2 rings (SSSR count). The average molecular weight is 297 g/mol. The van der Waals surface area contributed by atoms with Gasteiger partial charge in [0, 0.05) is 22.7 Å². The molecule has 19 heavy (non-hydrogen) atoms. The molecular formula is C13H10Cl2N2O2. The normalized spacial score (nSPS) is 10.9. The van der Waals surface area contributed by atoms with Gasteiger partial charge in [-0.3, -0.25) is 9.89 Å². The molecule has 0 aliphatic rings. The molecule has 98 valence electrons. The summed E-state index contributed by atoms with van der Waals surface area (Å²) in [5, 5.41) is 6.87. The van der Waals surface area contributed by atoms with Crippen LogP contribution in [0.1, 0.15) is 12.5 Å². The maximum atomic E-state index is 11.7. The first kappa shape index (κ1) is 13.6. The van der Waals surface area contributed by atoms with E-state index in [1.807, 2.05) is 19.1 Å². The Labute approximate surface area is 119 Å². The summed E-state index contributed by atoms with van der Waals surface area (Å²) in [5.41, 5.74) is 0.387. The van der Waals surface area contributed by atoms with Gasteiger partial charge >= 0.3 is 0 Å². The van der Waals surface area contributed by atoms with Crippen molar-refractivity contribution in [2.45, 2.75) is 6.92 Å². The van der Waals surface area contributed by atoms with Crippen molar-refractivity contribution in [2.75, 3.05) is 0 Å². The van der Waals surface area contributed by atoms with Gasteiger partial charge < -0.3 is 4.74 Å². The summed E-state index contributed by atoms with van der Waals surface area (Å²) in [4.78, 5) is 11.7. The molecule has 0 atom stereocenters. The van der Waals surface area contributed by atoms with Gasteiger partial charge in [0.1, 0.15) is 10.9 Å². The molecule has 0 aliphatic carbocycles. The largest absolute Gasteiger partial charge is 0.434 e. The molecule has 0 spiro atoms. The van der Waals surface area contributed by atoms with Crippen molar-refractivity contribution in [3.05, 3.63) is 56.3 Å². The molecule has 2 aromatic rings. The van der Waals surface area contributed by atoms with Crippen LogP contribution in [0, 0.1) is 0 Å². The second kappa shape index (κ2) is 5.91. The van der Waals surface area contributed by atoms with E-state index in [2.05, 4.69) is 10.2 Å². The predicted octanol–water partition coefficient (Wildman–Crippen LogP) is 3.90. The highest BCUT2D eigenvalue weighted by atomic mass is 35.5. The Kier molecular flexibility index (Phi) is 4.24. The highest BCUT2D eigenvalue weighted by molar-refractivity contribution is 6.30. The number of nitrogens with one attached hydrogen (secondary N) is 1. The van der Waals surface area contributed by atoms with Crippen molar-refractivity contribution in [2.24, 2.45) is 0 Å². The number of rotatable bonds is 3. The SMILES string of the molecule is CC=Cc1ccc(Cl)cc1Oc1n[nH]c(Cl)cc1=O. The van der Waals surface area contributed by atoms with Gasteiger partial charge in [-0.15, -0.1) is 5.10 Å². The summed E-state index contributed by atoms with van der Waals surface area (Å²) in [6.45, 7) is 1.88. The fraction of sp³-hybridized carbons (Fsp3) is 0.0769. The van der Waals surface area contributed by atoms with Gasteiger partial charge in [-0.25, -0.2) is 0 Å². The van der Waals surface area contributed by atoms with Crippen molar-refractivity contribution in [3.63, 3.8) is 0 Å². The van der Waals surface area contributed by atoms with E-state index in [0.29, 0.717) is 10.8 Å². The highest BCUT2D eigenvalue weighted by Gasteiger charge is 2.08. The van der Waals surface area contributed by atoms with E-state index in [1.54, 1.807) is 18.2 Å². The Morgan fingerprint density at radius 3 is 2.79 bits per heavy atom. The monoisotopic (exact) mass is 296 g/mol. The topological polar surface area (TPSA) is 55.0 Å². The Morgan fingerprint density at radius 1 is 1.32 bits per heavy atom. The summed E-state index contributed by atoms with van der Waals surface area (Å²) < 4.78 is 5.48. The number of allylic oxidation sites excluding steroid dienone is 1. The average Bonchev–Trinajstić information content (AvgIpc) is 2.36. The third kappa shape index (κ3) is 3.36. The van der Waals surface area contributed by atoms with Crippen molar-refractivity contribution in [3.8, 4) is 11.6 Å². The van der Waals surface area contributed by atoms with E-state index < -0.39 is 5.43 Å². The zero-order chi connectivity index (χ0) is 13.8. The number of aromatic nitrogens is 2. The van der Waals surface area contributed by atoms with Crippen LogP contribution in [0.25, 0.3) is 6.08 Å². The van der Waals surface area contributed by atoms with Crippen LogP contribution in [0.2, 0.25) is 10.2 Å². The lowest BCUT2D eigenvalue weighted by Crippen LogP contribution is -2.07. The number of hydrogen-bond donors (Lipinski definition) is 1. The lowest BCUT2D eigenvalue weighted by atomic mass is 10.2. The lowest BCUT2D eigenvalue weighted by molar-refractivity contribution is 0.449. The maximum Gasteiger partial charge on any atom is 0.285 e. The number of halogens is 2. The van der Waals surface area contributed by atoms with Gasteiger partial charge in [0.05, 0.1) is 0 Å². The molecule has 1 aromatic heterocycles. The summed E-state index contributed by atoms with van der Waals surface area (Å²) in [6.07, 6.45) is 3.70. The van der Waals surface area contributed by atoms with Crippen LogP contribution in [0.5, 0.6) is 11.6 Å². The predicted molar refractivity (Wildman–Crippen MR) is 76.1 cm³/mol. The summed E-state index contributed by atoms with van der Waals surface area (Å²) in [6, 6.07) is 6.35. The second-order valence-electron chi connectivity index (χ2n) is 3.67. The molecule has 1 aromatic carbocycles. The number of aromatic amines is 1. The fourth-order valence-corrected chi connectivity index (χ4v) is 1.76. The van der Waals surface area contributed by atoms with E-state index in [9.17, 15) is 4.79 Å². The van der Waals surface area contributed by atoms with Crippen LogP contribution >= 0.6 is 23.2 Å². The molecule has 0 saturated carbocycles. The van der Waals surface area contributed by atoms with Crippen molar-refractivity contribution in [1.29, 1.82) is 0 Å². The van der Waals surface area contributed by atoms with Crippen molar-refractivity contribution < 1.29 is 4.74 Å². The van der Waals surface area contributed by atoms with E-state index in [4.69, 9.17) is 27.9 Å². The molecule has 6 heteroatoms. The van der Waals surface area contributed by atoms with Gasteiger partial charge in [-0.05, 0) is 19.1 Å². The number of H-pyrrole nitrogens is 1. The zero-order valence-corrected chi connectivity index (χ0v) is 11.5. The van der Waals surface area contributed by atoms with E-state index in [0.717, 1.165) is 5.56 Å². The van der Waals surface area contributed by atoms with Gasteiger partial charge in [-0.2, -0.15) is 0 Å². The van der Waals surface area contributed by atoms with Crippen LogP contribution in [0.15, 0.2) is 35.1 Å².